The van der Waals surface area contributed by atoms with Gasteiger partial charge < -0.3 is 9.84 Å². The van der Waals surface area contributed by atoms with E-state index in [4.69, 9.17) is 5.11 Å². The largest absolute Gasteiger partial charge is 0.481 e. The second kappa shape index (κ2) is 12.7. The molecule has 0 bridgehead atoms. The van der Waals surface area contributed by atoms with E-state index in [9.17, 15) is 9.59 Å². The molecule has 0 aliphatic carbocycles. The lowest BCUT2D eigenvalue weighted by atomic mass is 9.97. The average Bonchev–Trinajstić information content (AvgIpc) is 2.40. The molecule has 1 unspecified atom stereocenters. The van der Waals surface area contributed by atoms with Crippen molar-refractivity contribution in [1.82, 2.24) is 0 Å². The average molecular weight is 284 g/mol. The Hall–Kier alpha value is -1.32. The first-order chi connectivity index (χ1) is 9.61. The predicted octanol–water partition coefficient (Wildman–Crippen LogP) is 4.29. The Morgan fingerprint density at radius 3 is 2.15 bits per heavy atom. The standard InChI is InChI=1S/C16H28O4/c1-3-5-6-7-8-9-10-11-12-14(16(18)19)13-15(17)20-4-2/h4,14H,2-3,5-13H2,1H3,(H,18,19). The maximum atomic E-state index is 11.2. The molecule has 20 heavy (non-hydrogen) atoms. The fourth-order valence-corrected chi connectivity index (χ4v) is 2.18. The second-order valence-corrected chi connectivity index (χ2v) is 5.16. The van der Waals surface area contributed by atoms with E-state index < -0.39 is 17.9 Å². The summed E-state index contributed by atoms with van der Waals surface area (Å²) >= 11 is 0. The summed E-state index contributed by atoms with van der Waals surface area (Å²) in [5, 5.41) is 9.06. The minimum atomic E-state index is -0.922. The van der Waals surface area contributed by atoms with Gasteiger partial charge in [-0.2, -0.15) is 0 Å². The van der Waals surface area contributed by atoms with Gasteiger partial charge in [0.2, 0.25) is 0 Å². The van der Waals surface area contributed by atoms with Gasteiger partial charge in [0.15, 0.2) is 0 Å². The summed E-state index contributed by atoms with van der Waals surface area (Å²) in [5.41, 5.74) is 0. The maximum Gasteiger partial charge on any atom is 0.311 e. The Morgan fingerprint density at radius 1 is 1.10 bits per heavy atom. The molecule has 0 spiro atoms. The molecule has 0 rings (SSSR count). The van der Waals surface area contributed by atoms with Crippen LogP contribution in [0.1, 0.15) is 71.1 Å². The Bertz CT molecular complexity index is 286. The molecular formula is C16H28O4. The maximum absolute atomic E-state index is 11.2. The SMILES string of the molecule is C=COC(=O)CC(CCCCCCCCCC)C(=O)O. The van der Waals surface area contributed by atoms with Crippen LogP contribution < -0.4 is 0 Å². The van der Waals surface area contributed by atoms with Crippen LogP contribution in [0.4, 0.5) is 0 Å². The first-order valence-electron chi connectivity index (χ1n) is 7.65. The number of carbonyl (C=O) groups is 2. The lowest BCUT2D eigenvalue weighted by molar-refractivity contribution is -0.148. The number of carbonyl (C=O) groups excluding carboxylic acids is 1. The molecule has 0 aliphatic heterocycles. The van der Waals surface area contributed by atoms with E-state index in [1.165, 1.54) is 32.1 Å². The number of carboxylic acid groups (broad SMARTS) is 1. The van der Waals surface area contributed by atoms with Crippen molar-refractivity contribution < 1.29 is 19.4 Å². The molecule has 1 N–H and O–H groups in total. The van der Waals surface area contributed by atoms with Gasteiger partial charge in [0.05, 0.1) is 18.6 Å². The van der Waals surface area contributed by atoms with E-state index in [-0.39, 0.29) is 6.42 Å². The quantitative estimate of drug-likeness (QED) is 0.311. The Balaban J connectivity index is 3.68. The van der Waals surface area contributed by atoms with Crippen molar-refractivity contribution in [2.45, 2.75) is 71.1 Å². The topological polar surface area (TPSA) is 63.6 Å². The molecule has 0 heterocycles. The lowest BCUT2D eigenvalue weighted by Gasteiger charge is -2.10. The zero-order chi connectivity index (χ0) is 15.2. The number of carboxylic acids is 1. The highest BCUT2D eigenvalue weighted by molar-refractivity contribution is 5.78. The van der Waals surface area contributed by atoms with Crippen LogP contribution in [-0.4, -0.2) is 17.0 Å². The third-order valence-electron chi connectivity index (χ3n) is 3.38. The van der Waals surface area contributed by atoms with Crippen molar-refractivity contribution in [1.29, 1.82) is 0 Å². The third-order valence-corrected chi connectivity index (χ3v) is 3.38. The number of esters is 1. The Labute approximate surface area is 122 Å². The van der Waals surface area contributed by atoms with Gasteiger partial charge in [0.25, 0.3) is 0 Å². The number of unbranched alkanes of at least 4 members (excludes halogenated alkanes) is 7. The molecule has 0 aromatic heterocycles. The van der Waals surface area contributed by atoms with Crippen molar-refractivity contribution in [3.63, 3.8) is 0 Å². The van der Waals surface area contributed by atoms with Gasteiger partial charge in [0.1, 0.15) is 0 Å². The number of hydrogen-bond acceptors (Lipinski definition) is 3. The first-order valence-corrected chi connectivity index (χ1v) is 7.65. The molecule has 0 amide bonds. The number of aliphatic carboxylic acids is 1. The van der Waals surface area contributed by atoms with Gasteiger partial charge in [-0.05, 0) is 6.42 Å². The van der Waals surface area contributed by atoms with E-state index in [1.54, 1.807) is 0 Å². The molecule has 0 aliphatic rings. The molecule has 0 aromatic carbocycles. The molecule has 4 heteroatoms. The van der Waals surface area contributed by atoms with Gasteiger partial charge >= 0.3 is 11.9 Å². The van der Waals surface area contributed by atoms with Gasteiger partial charge in [-0.3, -0.25) is 9.59 Å². The number of hydrogen-bond donors (Lipinski definition) is 1. The summed E-state index contributed by atoms with van der Waals surface area (Å²) in [7, 11) is 0. The van der Waals surface area contributed by atoms with Crippen molar-refractivity contribution in [2.75, 3.05) is 0 Å². The second-order valence-electron chi connectivity index (χ2n) is 5.16. The molecule has 1 atom stereocenters. The normalized spacial score (nSPS) is 11.8. The van der Waals surface area contributed by atoms with Crippen molar-refractivity contribution in [3.8, 4) is 0 Å². The summed E-state index contributed by atoms with van der Waals surface area (Å²) < 4.78 is 4.57. The summed E-state index contributed by atoms with van der Waals surface area (Å²) in [4.78, 5) is 22.3. The van der Waals surface area contributed by atoms with E-state index in [0.29, 0.717) is 6.42 Å². The molecule has 0 saturated carbocycles. The number of rotatable bonds is 13. The zero-order valence-electron chi connectivity index (χ0n) is 12.6. The van der Waals surface area contributed by atoms with Crippen molar-refractivity contribution in [2.24, 2.45) is 5.92 Å². The summed E-state index contributed by atoms with van der Waals surface area (Å²) in [6.45, 7) is 5.48. The monoisotopic (exact) mass is 284 g/mol. The molecular weight excluding hydrogens is 256 g/mol. The highest BCUT2D eigenvalue weighted by atomic mass is 16.5. The highest BCUT2D eigenvalue weighted by Gasteiger charge is 2.21. The van der Waals surface area contributed by atoms with Crippen molar-refractivity contribution in [3.05, 3.63) is 12.8 Å². The molecule has 116 valence electrons. The fraction of sp³-hybridized carbons (Fsp3) is 0.750. The van der Waals surface area contributed by atoms with Crippen LogP contribution >= 0.6 is 0 Å². The van der Waals surface area contributed by atoms with Gasteiger partial charge in [0, 0.05) is 0 Å². The van der Waals surface area contributed by atoms with Crippen LogP contribution in [0.2, 0.25) is 0 Å². The van der Waals surface area contributed by atoms with Gasteiger partial charge in [-0.25, -0.2) is 0 Å². The van der Waals surface area contributed by atoms with E-state index in [2.05, 4.69) is 18.2 Å². The molecule has 0 aromatic rings. The van der Waals surface area contributed by atoms with E-state index in [0.717, 1.165) is 25.5 Å². The molecule has 0 fully saturated rings. The van der Waals surface area contributed by atoms with Crippen LogP contribution in [0, 0.1) is 5.92 Å². The lowest BCUT2D eigenvalue weighted by Crippen LogP contribution is -2.18. The van der Waals surface area contributed by atoms with Crippen LogP contribution in [0.25, 0.3) is 0 Å². The Kier molecular flexibility index (Phi) is 11.9. The predicted molar refractivity (Wildman–Crippen MR) is 79.3 cm³/mol. The molecule has 0 saturated heterocycles. The summed E-state index contributed by atoms with van der Waals surface area (Å²) in [6.07, 6.45) is 10.9. The van der Waals surface area contributed by atoms with Crippen LogP contribution in [-0.2, 0) is 14.3 Å². The third kappa shape index (κ3) is 10.6. The summed E-state index contributed by atoms with van der Waals surface area (Å²) in [5.74, 6) is -2.08. The van der Waals surface area contributed by atoms with Crippen LogP contribution in [0.15, 0.2) is 12.8 Å². The smallest absolute Gasteiger partial charge is 0.311 e. The molecule has 0 radical (unpaired) electrons. The van der Waals surface area contributed by atoms with Crippen LogP contribution in [0.5, 0.6) is 0 Å². The van der Waals surface area contributed by atoms with Gasteiger partial charge in [-0.1, -0.05) is 64.9 Å². The van der Waals surface area contributed by atoms with E-state index >= 15 is 0 Å². The highest BCUT2D eigenvalue weighted by Crippen LogP contribution is 2.16. The van der Waals surface area contributed by atoms with Gasteiger partial charge in [-0.15, -0.1) is 0 Å². The van der Waals surface area contributed by atoms with Crippen LogP contribution in [0.3, 0.4) is 0 Å². The summed E-state index contributed by atoms with van der Waals surface area (Å²) in [6, 6.07) is 0. The zero-order valence-corrected chi connectivity index (χ0v) is 12.6. The van der Waals surface area contributed by atoms with Crippen molar-refractivity contribution >= 4 is 11.9 Å². The minimum Gasteiger partial charge on any atom is -0.481 e. The fourth-order valence-electron chi connectivity index (χ4n) is 2.18. The number of ether oxygens (including phenoxy) is 1. The minimum absolute atomic E-state index is 0.0716. The first kappa shape index (κ1) is 18.7. The molecule has 4 nitrogen and oxygen atoms in total. The Morgan fingerprint density at radius 2 is 1.65 bits per heavy atom. The van der Waals surface area contributed by atoms with E-state index in [1.807, 2.05) is 0 Å².